The molecular formula is C61H53BN2OS. The van der Waals surface area contributed by atoms with Crippen molar-refractivity contribution in [3.05, 3.63) is 186 Å². The Kier molecular flexibility index (Phi) is 8.99. The van der Waals surface area contributed by atoms with Crippen LogP contribution in [0.25, 0.3) is 65.4 Å². The van der Waals surface area contributed by atoms with E-state index in [0.29, 0.717) is 0 Å². The van der Waals surface area contributed by atoms with E-state index in [1.807, 2.05) is 11.3 Å². The van der Waals surface area contributed by atoms with Gasteiger partial charge >= 0.3 is 0 Å². The molecule has 66 heavy (non-hydrogen) atoms. The first kappa shape index (κ1) is 40.7. The SMILES string of the molecule is CC(C)(C)c1ccc(Nc2c(-c3c4c(cc5c3oc3ccccc35)N(c3ccc(C(C)(C)C)cc3-c3ccccc3)c3c(sc5ccccc35)B4)ccc3c2-c2ccccc2C3(C)C)cc1. The quantitative estimate of drug-likeness (QED) is 0.175. The lowest BCUT2D eigenvalue weighted by Crippen LogP contribution is -2.39. The molecule has 0 bridgehead atoms. The minimum Gasteiger partial charge on any atom is -0.455 e. The van der Waals surface area contributed by atoms with Gasteiger partial charge in [-0.25, -0.2) is 0 Å². The van der Waals surface area contributed by atoms with Crippen molar-refractivity contribution in [3.8, 4) is 33.4 Å². The fourth-order valence-corrected chi connectivity index (χ4v) is 12.1. The third kappa shape index (κ3) is 6.23. The minimum absolute atomic E-state index is 0.0334. The second-order valence-electron chi connectivity index (χ2n) is 21.0. The Labute approximate surface area is 393 Å². The maximum Gasteiger partial charge on any atom is 0.211 e. The molecule has 0 radical (unpaired) electrons. The van der Waals surface area contributed by atoms with Gasteiger partial charge in [-0.1, -0.05) is 177 Å². The number of para-hydroxylation sites is 1. The van der Waals surface area contributed by atoms with Crippen LogP contribution in [0.2, 0.25) is 0 Å². The minimum atomic E-state index is -0.183. The Morgan fingerprint density at radius 3 is 2.02 bits per heavy atom. The van der Waals surface area contributed by atoms with E-state index < -0.39 is 0 Å². The lowest BCUT2D eigenvalue weighted by atomic mass is 9.61. The van der Waals surface area contributed by atoms with E-state index in [4.69, 9.17) is 4.42 Å². The van der Waals surface area contributed by atoms with Crippen molar-refractivity contribution in [1.82, 2.24) is 0 Å². The van der Waals surface area contributed by atoms with Crippen LogP contribution in [-0.4, -0.2) is 7.28 Å². The first-order valence-electron chi connectivity index (χ1n) is 23.4. The van der Waals surface area contributed by atoms with Gasteiger partial charge in [0.05, 0.1) is 17.1 Å². The highest BCUT2D eigenvalue weighted by atomic mass is 32.1. The monoisotopic (exact) mass is 872 g/mol. The van der Waals surface area contributed by atoms with Crippen LogP contribution in [-0.2, 0) is 16.2 Å². The second-order valence-corrected chi connectivity index (χ2v) is 22.1. The zero-order chi connectivity index (χ0) is 45.3. The van der Waals surface area contributed by atoms with Crippen LogP contribution in [0.4, 0.5) is 28.4 Å². The van der Waals surface area contributed by atoms with Crippen molar-refractivity contribution in [2.45, 2.75) is 71.6 Å². The zero-order valence-corrected chi connectivity index (χ0v) is 39.9. The fraction of sp³-hybridized carbons (Fsp3) is 0.180. The van der Waals surface area contributed by atoms with E-state index in [9.17, 15) is 0 Å². The highest BCUT2D eigenvalue weighted by Gasteiger charge is 2.40. The average Bonchev–Trinajstić information content (AvgIpc) is 3.95. The van der Waals surface area contributed by atoms with Gasteiger partial charge in [0.1, 0.15) is 11.2 Å². The number of rotatable bonds is 5. The summed E-state index contributed by atoms with van der Waals surface area (Å²) in [5.74, 6) is 0. The van der Waals surface area contributed by atoms with E-state index >= 15 is 0 Å². The molecule has 0 unspecified atom stereocenters. The lowest BCUT2D eigenvalue weighted by Gasteiger charge is -2.35. The normalized spacial score (nSPS) is 14.0. The lowest BCUT2D eigenvalue weighted by molar-refractivity contribution is 0.590. The molecule has 8 aromatic carbocycles. The van der Waals surface area contributed by atoms with Gasteiger partial charge in [0, 0.05) is 59.9 Å². The molecule has 5 heteroatoms. The molecule has 0 atom stereocenters. The molecule has 3 heterocycles. The molecule has 0 saturated heterocycles. The van der Waals surface area contributed by atoms with Crippen molar-refractivity contribution in [3.63, 3.8) is 0 Å². The molecule has 2 aromatic heterocycles. The molecule has 10 aromatic rings. The average molecular weight is 873 g/mol. The number of benzene rings is 8. The van der Waals surface area contributed by atoms with Gasteiger partial charge in [-0.3, -0.25) is 0 Å². The van der Waals surface area contributed by atoms with Crippen LogP contribution >= 0.6 is 11.3 Å². The van der Waals surface area contributed by atoms with Crippen LogP contribution in [0, 0.1) is 0 Å². The van der Waals surface area contributed by atoms with Gasteiger partial charge in [-0.2, -0.15) is 0 Å². The van der Waals surface area contributed by atoms with Gasteiger partial charge in [0.2, 0.25) is 7.28 Å². The zero-order valence-electron chi connectivity index (χ0n) is 39.1. The molecule has 1 aliphatic carbocycles. The Morgan fingerprint density at radius 2 is 1.24 bits per heavy atom. The van der Waals surface area contributed by atoms with E-state index in [0.717, 1.165) is 51.7 Å². The van der Waals surface area contributed by atoms with Crippen LogP contribution in [0.5, 0.6) is 0 Å². The predicted octanol–water partition coefficient (Wildman–Crippen LogP) is 16.0. The predicted molar refractivity (Wildman–Crippen MR) is 286 cm³/mol. The first-order valence-corrected chi connectivity index (χ1v) is 24.2. The van der Waals surface area contributed by atoms with Gasteiger partial charge in [0.25, 0.3) is 0 Å². The molecule has 0 amide bonds. The number of thiophene rings is 1. The van der Waals surface area contributed by atoms with Crippen molar-refractivity contribution in [2.75, 3.05) is 10.2 Å². The second kappa shape index (κ2) is 14.6. The Hall–Kier alpha value is -6.82. The first-order chi connectivity index (χ1) is 31.8. The third-order valence-electron chi connectivity index (χ3n) is 14.4. The van der Waals surface area contributed by atoms with E-state index in [1.165, 1.54) is 81.9 Å². The van der Waals surface area contributed by atoms with Gasteiger partial charge in [-0.15, -0.1) is 11.3 Å². The highest BCUT2D eigenvalue weighted by Crippen LogP contribution is 2.56. The van der Waals surface area contributed by atoms with Crippen LogP contribution in [0.3, 0.4) is 0 Å². The summed E-state index contributed by atoms with van der Waals surface area (Å²) in [5.41, 5.74) is 21.2. The smallest absolute Gasteiger partial charge is 0.211 e. The van der Waals surface area contributed by atoms with Crippen molar-refractivity contribution in [1.29, 1.82) is 0 Å². The molecule has 0 saturated carbocycles. The Balaban J connectivity index is 1.21. The molecular weight excluding hydrogens is 820 g/mol. The number of fused-ring (bicyclic) bond motifs is 10. The summed E-state index contributed by atoms with van der Waals surface area (Å²) in [6.45, 7) is 18.5. The topological polar surface area (TPSA) is 28.4 Å². The van der Waals surface area contributed by atoms with Gasteiger partial charge in [0.15, 0.2) is 0 Å². The summed E-state index contributed by atoms with van der Waals surface area (Å²) >= 11 is 1.92. The molecule has 12 rings (SSSR count). The maximum absolute atomic E-state index is 7.18. The maximum atomic E-state index is 7.18. The summed E-state index contributed by atoms with van der Waals surface area (Å²) < 4.78 is 9.82. The standard InChI is InChI=1S/C61H53BN2OS/c1-59(2,3)37-26-29-39(30-27-37)63-55-43(31-32-47-52(55)41-21-12-15-23-46(41)61(47,7)8)53-54-49(35-45-40-20-13-16-24-50(40)65-57(45)53)64(56-42-22-14-17-25-51(42)66-58(56)62-54)48-33-28-38(60(4,5)6)34-44(48)36-18-10-9-11-19-36/h9-35,62-63H,1-8H3. The molecule has 2 aliphatic rings. The Bertz CT molecular complexity index is 3580. The largest absolute Gasteiger partial charge is 0.455 e. The summed E-state index contributed by atoms with van der Waals surface area (Å²) in [4.78, 5) is 2.61. The number of hydrogen-bond acceptors (Lipinski definition) is 4. The summed E-state index contributed by atoms with van der Waals surface area (Å²) in [6.07, 6.45) is 0. The van der Waals surface area contributed by atoms with Crippen LogP contribution in [0.15, 0.2) is 168 Å². The van der Waals surface area contributed by atoms with Gasteiger partial charge in [-0.05, 0) is 96.9 Å². The molecule has 0 spiro atoms. The van der Waals surface area contributed by atoms with Gasteiger partial charge < -0.3 is 14.6 Å². The van der Waals surface area contributed by atoms with Crippen molar-refractivity contribution in [2.24, 2.45) is 0 Å². The molecule has 1 N–H and O–H groups in total. The molecule has 3 nitrogen and oxygen atoms in total. The number of anilines is 5. The van der Waals surface area contributed by atoms with E-state index in [2.05, 4.69) is 229 Å². The van der Waals surface area contributed by atoms with E-state index in [1.54, 1.807) is 0 Å². The fourth-order valence-electron chi connectivity index (χ4n) is 10.9. The molecule has 322 valence electrons. The highest BCUT2D eigenvalue weighted by molar-refractivity contribution is 7.29. The Morgan fingerprint density at radius 1 is 0.561 bits per heavy atom. The van der Waals surface area contributed by atoms with Crippen molar-refractivity contribution < 1.29 is 4.42 Å². The number of hydrogen-bond donors (Lipinski definition) is 1. The van der Waals surface area contributed by atoms with E-state index in [-0.39, 0.29) is 16.2 Å². The summed E-state index contributed by atoms with van der Waals surface area (Å²) in [7, 11) is 0.766. The number of nitrogens with zero attached hydrogens (tertiary/aromatic N) is 1. The third-order valence-corrected chi connectivity index (χ3v) is 15.6. The van der Waals surface area contributed by atoms with Crippen LogP contribution < -0.4 is 20.5 Å². The van der Waals surface area contributed by atoms with Crippen LogP contribution in [0.1, 0.15) is 77.6 Å². The molecule has 1 aliphatic heterocycles. The summed E-state index contributed by atoms with van der Waals surface area (Å²) in [6, 6.07) is 61.0. The number of furan rings is 1. The molecule has 0 fully saturated rings. The number of nitrogens with one attached hydrogen (secondary N) is 1. The summed E-state index contributed by atoms with van der Waals surface area (Å²) in [5, 5.41) is 7.62. The van der Waals surface area contributed by atoms with Crippen molar-refractivity contribution >= 4 is 89.3 Å².